The average molecular weight is 396 g/mol. The summed E-state index contributed by atoms with van der Waals surface area (Å²) >= 11 is 0. The van der Waals surface area contributed by atoms with Crippen molar-refractivity contribution in [3.63, 3.8) is 0 Å². The quantitative estimate of drug-likeness (QED) is 0.652. The fraction of sp³-hybridized carbons (Fsp3) is 0.136. The van der Waals surface area contributed by atoms with Crippen LogP contribution in [0.5, 0.6) is 0 Å². The summed E-state index contributed by atoms with van der Waals surface area (Å²) in [6, 6.07) is 13.7. The number of carbonyl (C=O) groups excluding carboxylic acids is 1. The van der Waals surface area contributed by atoms with Crippen molar-refractivity contribution in [2.24, 2.45) is 0 Å². The first-order valence-corrected chi connectivity index (χ1v) is 8.86. The van der Waals surface area contributed by atoms with Crippen molar-refractivity contribution in [2.45, 2.75) is 19.4 Å². The smallest absolute Gasteiger partial charge is 0.305 e. The predicted octanol–water partition coefficient (Wildman–Crippen LogP) is 4.28. The third kappa shape index (κ3) is 4.82. The number of halogens is 2. The Balaban J connectivity index is 1.90. The second-order valence-electron chi connectivity index (χ2n) is 6.51. The summed E-state index contributed by atoms with van der Waals surface area (Å²) in [5.74, 6) is -2.97. The number of carboxylic acid groups (broad SMARTS) is 1. The van der Waals surface area contributed by atoms with Gasteiger partial charge in [-0.2, -0.15) is 0 Å². The first-order valence-electron chi connectivity index (χ1n) is 8.86. The van der Waals surface area contributed by atoms with Crippen LogP contribution in [0.4, 0.5) is 8.78 Å². The van der Waals surface area contributed by atoms with Crippen LogP contribution in [0.15, 0.2) is 60.7 Å². The molecule has 1 unspecified atom stereocenters. The third-order valence-electron chi connectivity index (χ3n) is 4.43. The molecular weight excluding hydrogens is 378 g/mol. The number of rotatable bonds is 6. The molecule has 2 N–H and O–H groups in total. The molecule has 0 saturated heterocycles. The molecule has 1 amide bonds. The van der Waals surface area contributed by atoms with Gasteiger partial charge in [0.2, 0.25) is 0 Å². The average Bonchev–Trinajstić information content (AvgIpc) is 2.69. The highest BCUT2D eigenvalue weighted by Crippen LogP contribution is 2.24. The molecule has 0 radical (unpaired) electrons. The summed E-state index contributed by atoms with van der Waals surface area (Å²) in [6.45, 7) is 1.82. The second kappa shape index (κ2) is 8.60. The van der Waals surface area contributed by atoms with Crippen molar-refractivity contribution in [2.75, 3.05) is 0 Å². The van der Waals surface area contributed by atoms with Gasteiger partial charge >= 0.3 is 5.97 Å². The lowest BCUT2D eigenvalue weighted by molar-refractivity contribution is -0.137. The van der Waals surface area contributed by atoms with E-state index < -0.39 is 29.6 Å². The van der Waals surface area contributed by atoms with E-state index in [4.69, 9.17) is 0 Å². The van der Waals surface area contributed by atoms with Crippen LogP contribution in [0.3, 0.4) is 0 Å². The van der Waals surface area contributed by atoms with Crippen LogP contribution in [0.25, 0.3) is 11.3 Å². The van der Waals surface area contributed by atoms with Gasteiger partial charge in [0.25, 0.3) is 5.91 Å². The van der Waals surface area contributed by atoms with Gasteiger partial charge in [0.15, 0.2) is 0 Å². The van der Waals surface area contributed by atoms with Gasteiger partial charge in [-0.1, -0.05) is 30.3 Å². The summed E-state index contributed by atoms with van der Waals surface area (Å²) in [6.07, 6.45) is -0.311. The Morgan fingerprint density at radius 1 is 1.07 bits per heavy atom. The lowest BCUT2D eigenvalue weighted by Crippen LogP contribution is -2.31. The van der Waals surface area contributed by atoms with Crippen LogP contribution in [-0.4, -0.2) is 22.0 Å². The van der Waals surface area contributed by atoms with E-state index in [-0.39, 0.29) is 23.4 Å². The number of hydrogen-bond acceptors (Lipinski definition) is 3. The van der Waals surface area contributed by atoms with Crippen molar-refractivity contribution < 1.29 is 23.5 Å². The Bertz CT molecular complexity index is 1070. The Hall–Kier alpha value is -3.61. The molecule has 5 nitrogen and oxygen atoms in total. The Morgan fingerprint density at radius 3 is 2.55 bits per heavy atom. The summed E-state index contributed by atoms with van der Waals surface area (Å²) in [7, 11) is 0. The van der Waals surface area contributed by atoms with E-state index in [1.807, 2.05) is 19.1 Å². The first-order chi connectivity index (χ1) is 13.8. The fourth-order valence-corrected chi connectivity index (χ4v) is 3.03. The van der Waals surface area contributed by atoms with Gasteiger partial charge in [-0.25, -0.2) is 13.8 Å². The summed E-state index contributed by atoms with van der Waals surface area (Å²) in [5.41, 5.74) is 1.51. The summed E-state index contributed by atoms with van der Waals surface area (Å²) in [4.78, 5) is 28.1. The van der Waals surface area contributed by atoms with Crippen molar-refractivity contribution in [1.29, 1.82) is 0 Å². The molecule has 3 aromatic rings. The number of hydrogen-bond donors (Lipinski definition) is 2. The fourth-order valence-electron chi connectivity index (χ4n) is 3.03. The molecule has 1 aromatic heterocycles. The van der Waals surface area contributed by atoms with E-state index in [2.05, 4.69) is 10.3 Å². The Morgan fingerprint density at radius 2 is 1.83 bits per heavy atom. The lowest BCUT2D eigenvalue weighted by Gasteiger charge is -2.19. The van der Waals surface area contributed by atoms with Crippen LogP contribution < -0.4 is 5.32 Å². The van der Waals surface area contributed by atoms with E-state index in [0.717, 1.165) is 23.8 Å². The molecule has 7 heteroatoms. The van der Waals surface area contributed by atoms with E-state index in [1.54, 1.807) is 12.1 Å². The molecule has 0 fully saturated rings. The largest absolute Gasteiger partial charge is 0.481 e. The number of carboxylic acids is 1. The maximum atomic E-state index is 14.0. The second-order valence-corrected chi connectivity index (χ2v) is 6.51. The van der Waals surface area contributed by atoms with Gasteiger partial charge < -0.3 is 10.4 Å². The Labute approximate surface area is 166 Å². The molecule has 0 bridgehead atoms. The molecule has 1 heterocycles. The highest BCUT2D eigenvalue weighted by Gasteiger charge is 2.21. The molecule has 29 heavy (non-hydrogen) atoms. The van der Waals surface area contributed by atoms with Crippen LogP contribution in [-0.2, 0) is 4.79 Å². The minimum Gasteiger partial charge on any atom is -0.481 e. The number of aliphatic carboxylic acids is 1. The zero-order valence-corrected chi connectivity index (χ0v) is 15.5. The van der Waals surface area contributed by atoms with Crippen molar-refractivity contribution in [3.8, 4) is 11.3 Å². The van der Waals surface area contributed by atoms with Crippen molar-refractivity contribution >= 4 is 11.9 Å². The van der Waals surface area contributed by atoms with Crippen molar-refractivity contribution in [3.05, 3.63) is 89.1 Å². The monoisotopic (exact) mass is 396 g/mol. The minimum absolute atomic E-state index is 0.0323. The molecule has 0 saturated carbocycles. The predicted molar refractivity (Wildman–Crippen MR) is 103 cm³/mol. The highest BCUT2D eigenvalue weighted by molar-refractivity contribution is 5.93. The molecule has 3 rings (SSSR count). The third-order valence-corrected chi connectivity index (χ3v) is 4.43. The van der Waals surface area contributed by atoms with Gasteiger partial charge in [0.05, 0.1) is 18.2 Å². The molecule has 0 aliphatic rings. The number of aromatic nitrogens is 1. The topological polar surface area (TPSA) is 79.3 Å². The van der Waals surface area contributed by atoms with E-state index in [0.29, 0.717) is 5.56 Å². The highest BCUT2D eigenvalue weighted by atomic mass is 19.1. The lowest BCUT2D eigenvalue weighted by atomic mass is 9.98. The van der Waals surface area contributed by atoms with E-state index in [1.165, 1.54) is 18.2 Å². The van der Waals surface area contributed by atoms with Gasteiger partial charge in [-0.15, -0.1) is 0 Å². The van der Waals surface area contributed by atoms with Gasteiger partial charge in [-0.05, 0) is 48.4 Å². The maximum absolute atomic E-state index is 14.0. The maximum Gasteiger partial charge on any atom is 0.305 e. The number of nitrogens with one attached hydrogen (secondary N) is 1. The molecule has 148 valence electrons. The molecule has 0 aliphatic heterocycles. The summed E-state index contributed by atoms with van der Waals surface area (Å²) in [5, 5.41) is 11.9. The van der Waals surface area contributed by atoms with E-state index in [9.17, 15) is 23.5 Å². The van der Waals surface area contributed by atoms with Gasteiger partial charge in [0, 0.05) is 5.56 Å². The number of benzene rings is 2. The number of amides is 1. The number of aryl methyl sites for hydroxylation is 1. The van der Waals surface area contributed by atoms with E-state index >= 15 is 0 Å². The standard InChI is InChI=1S/C22H18F2N2O3/c1-13-5-2-3-6-15(13)20(12-21(27)28)26-22(29)19-8-4-7-18(25-19)16-11-14(23)9-10-17(16)24/h2-11,20H,12H2,1H3,(H,26,29)(H,27,28). The normalized spacial score (nSPS) is 11.7. The SMILES string of the molecule is Cc1ccccc1C(CC(=O)O)NC(=O)c1cccc(-c2cc(F)ccc2F)n1. The molecule has 1 atom stereocenters. The number of pyridine rings is 1. The van der Waals surface area contributed by atoms with Gasteiger partial charge in [0.1, 0.15) is 17.3 Å². The molecular formula is C22H18F2N2O3. The van der Waals surface area contributed by atoms with Crippen LogP contribution in [0.2, 0.25) is 0 Å². The van der Waals surface area contributed by atoms with Crippen LogP contribution in [0, 0.1) is 18.6 Å². The minimum atomic E-state index is -1.07. The number of carbonyl (C=O) groups is 2. The van der Waals surface area contributed by atoms with Crippen molar-refractivity contribution in [1.82, 2.24) is 10.3 Å². The number of nitrogens with zero attached hydrogens (tertiary/aromatic N) is 1. The first kappa shape index (κ1) is 20.1. The zero-order valence-electron chi connectivity index (χ0n) is 15.5. The zero-order chi connectivity index (χ0) is 21.0. The Kier molecular flexibility index (Phi) is 5.97. The molecule has 2 aromatic carbocycles. The van der Waals surface area contributed by atoms with Crippen LogP contribution >= 0.6 is 0 Å². The molecule has 0 aliphatic carbocycles. The van der Waals surface area contributed by atoms with Gasteiger partial charge in [-0.3, -0.25) is 9.59 Å². The van der Waals surface area contributed by atoms with Crippen LogP contribution in [0.1, 0.15) is 34.1 Å². The summed E-state index contributed by atoms with van der Waals surface area (Å²) < 4.78 is 27.5. The molecule has 0 spiro atoms.